The van der Waals surface area contributed by atoms with E-state index < -0.39 is 15.9 Å². The summed E-state index contributed by atoms with van der Waals surface area (Å²) >= 11 is 3.51. The summed E-state index contributed by atoms with van der Waals surface area (Å²) in [4.78, 5) is 13.4. The summed E-state index contributed by atoms with van der Waals surface area (Å²) in [5, 5.41) is 0. The van der Waals surface area contributed by atoms with E-state index >= 15 is 0 Å². The molecule has 1 amide bonds. The topological polar surface area (TPSA) is 63.7 Å². The number of aryl methyl sites for hydroxylation is 2. The van der Waals surface area contributed by atoms with Crippen molar-refractivity contribution in [1.82, 2.24) is 0 Å². The van der Waals surface area contributed by atoms with Gasteiger partial charge in [0.1, 0.15) is 5.75 Å². The third-order valence-corrected chi connectivity index (χ3v) is 7.87. The molecule has 0 atom stereocenters. The van der Waals surface area contributed by atoms with Gasteiger partial charge in [0, 0.05) is 6.42 Å². The first kappa shape index (κ1) is 25.0. The van der Waals surface area contributed by atoms with Crippen molar-refractivity contribution in [2.75, 3.05) is 10.9 Å². The highest BCUT2D eigenvalue weighted by Crippen LogP contribution is 2.30. The molecule has 3 rings (SSSR count). The van der Waals surface area contributed by atoms with Crippen LogP contribution in [0.4, 0.5) is 5.69 Å². The minimum Gasteiger partial charge on any atom is -0.492 e. The molecule has 7 heteroatoms. The van der Waals surface area contributed by atoms with E-state index in [4.69, 9.17) is 4.74 Å². The molecule has 0 aliphatic heterocycles. The molecule has 0 aliphatic carbocycles. The van der Waals surface area contributed by atoms with Crippen molar-refractivity contribution in [3.63, 3.8) is 0 Å². The van der Waals surface area contributed by atoms with Crippen molar-refractivity contribution >= 4 is 37.5 Å². The number of benzene rings is 3. The Bertz CT molecular complexity index is 1230. The molecule has 0 heterocycles. The largest absolute Gasteiger partial charge is 0.492 e. The van der Waals surface area contributed by atoms with E-state index in [0.29, 0.717) is 24.5 Å². The second kappa shape index (κ2) is 11.0. The summed E-state index contributed by atoms with van der Waals surface area (Å²) < 4.78 is 34.5. The zero-order chi connectivity index (χ0) is 24.0. The third-order valence-electron chi connectivity index (χ3n) is 5.50. The number of sulfonamides is 1. The van der Waals surface area contributed by atoms with Gasteiger partial charge in [-0.3, -0.25) is 4.79 Å². The van der Waals surface area contributed by atoms with Gasteiger partial charge in [0.15, 0.2) is 0 Å². The fourth-order valence-electron chi connectivity index (χ4n) is 3.44. The van der Waals surface area contributed by atoms with E-state index in [1.807, 2.05) is 38.1 Å². The Morgan fingerprint density at radius 2 is 1.73 bits per heavy atom. The minimum absolute atomic E-state index is 0.0319. The van der Waals surface area contributed by atoms with Gasteiger partial charge in [0.2, 0.25) is 5.91 Å². The number of hydrogen-bond acceptors (Lipinski definition) is 4. The average molecular weight is 530 g/mol. The smallest absolute Gasteiger partial charge is 0.270 e. The number of amides is 1. The fourth-order valence-corrected chi connectivity index (χ4v) is 5.51. The summed E-state index contributed by atoms with van der Waals surface area (Å²) in [6.07, 6.45) is 1.34. The average Bonchev–Trinajstić information content (AvgIpc) is 2.81. The minimum atomic E-state index is -4.06. The summed E-state index contributed by atoms with van der Waals surface area (Å²) in [5.41, 5.74) is 3.24. The van der Waals surface area contributed by atoms with Crippen molar-refractivity contribution in [3.8, 4) is 5.75 Å². The third kappa shape index (κ3) is 5.84. The van der Waals surface area contributed by atoms with Crippen molar-refractivity contribution in [3.05, 3.63) is 87.9 Å². The lowest BCUT2D eigenvalue weighted by Crippen LogP contribution is -2.37. The first-order valence-corrected chi connectivity index (χ1v) is 13.1. The Kier molecular flexibility index (Phi) is 8.32. The van der Waals surface area contributed by atoms with E-state index in [1.54, 1.807) is 30.3 Å². The number of rotatable bonds is 9. The molecule has 0 spiro atoms. The number of halogens is 1. The van der Waals surface area contributed by atoms with Gasteiger partial charge >= 0.3 is 0 Å². The summed E-state index contributed by atoms with van der Waals surface area (Å²) in [7, 11) is -4.06. The van der Waals surface area contributed by atoms with E-state index in [-0.39, 0.29) is 11.3 Å². The van der Waals surface area contributed by atoms with Gasteiger partial charge < -0.3 is 4.74 Å². The molecule has 3 aromatic carbocycles. The van der Waals surface area contributed by atoms with Crippen LogP contribution in [0.25, 0.3) is 0 Å². The highest BCUT2D eigenvalue weighted by molar-refractivity contribution is 9.10. The number of carbonyl (C=O) groups excluding carboxylic acids is 1. The summed E-state index contributed by atoms with van der Waals surface area (Å²) in [5.74, 6) is 0.208. The first-order chi connectivity index (χ1) is 15.8. The molecule has 3 aromatic rings. The van der Waals surface area contributed by atoms with Gasteiger partial charge in [-0.2, -0.15) is 0 Å². The predicted octanol–water partition coefficient (Wildman–Crippen LogP) is 6.21. The van der Waals surface area contributed by atoms with Crippen molar-refractivity contribution < 1.29 is 17.9 Å². The molecule has 0 saturated heterocycles. The van der Waals surface area contributed by atoms with E-state index in [2.05, 4.69) is 22.9 Å². The second-order valence-corrected chi connectivity index (χ2v) is 10.4. The molecule has 0 N–H and O–H groups in total. The van der Waals surface area contributed by atoms with Crippen LogP contribution < -0.4 is 9.04 Å². The SMILES string of the molecule is CCc1ccc(OCCCC(=O)N(c2cccc(C)c2C)S(=O)(=O)c2ccccc2)c(Br)c1. The molecule has 0 unspecified atom stereocenters. The normalized spacial score (nSPS) is 11.3. The molecule has 0 saturated carbocycles. The van der Waals surface area contributed by atoms with Gasteiger partial charge in [-0.1, -0.05) is 43.3 Å². The van der Waals surface area contributed by atoms with Crippen LogP contribution in [0.1, 0.15) is 36.5 Å². The Labute approximate surface area is 204 Å². The predicted molar refractivity (Wildman–Crippen MR) is 135 cm³/mol. The highest BCUT2D eigenvalue weighted by Gasteiger charge is 2.31. The number of carbonyl (C=O) groups is 1. The second-order valence-electron chi connectivity index (χ2n) is 7.77. The van der Waals surface area contributed by atoms with Crippen LogP contribution in [0.5, 0.6) is 5.75 Å². The zero-order valence-corrected chi connectivity index (χ0v) is 21.4. The fraction of sp³-hybridized carbons (Fsp3) is 0.269. The molecule has 0 radical (unpaired) electrons. The Morgan fingerprint density at radius 3 is 2.39 bits per heavy atom. The zero-order valence-electron chi connectivity index (χ0n) is 19.0. The number of anilines is 1. The Balaban J connectivity index is 1.79. The first-order valence-electron chi connectivity index (χ1n) is 10.9. The Hall–Kier alpha value is -2.64. The molecule has 0 fully saturated rings. The monoisotopic (exact) mass is 529 g/mol. The van der Waals surface area contributed by atoms with E-state index in [9.17, 15) is 13.2 Å². The van der Waals surface area contributed by atoms with Crippen molar-refractivity contribution in [2.45, 2.75) is 44.9 Å². The van der Waals surface area contributed by atoms with Crippen LogP contribution in [0, 0.1) is 13.8 Å². The molecular weight excluding hydrogens is 502 g/mol. The van der Waals surface area contributed by atoms with Crippen LogP contribution >= 0.6 is 15.9 Å². The highest BCUT2D eigenvalue weighted by atomic mass is 79.9. The lowest BCUT2D eigenvalue weighted by Gasteiger charge is -2.25. The van der Waals surface area contributed by atoms with Crippen LogP contribution in [0.15, 0.2) is 76.1 Å². The molecular formula is C26H28BrNO4S. The molecule has 174 valence electrons. The quantitative estimate of drug-likeness (QED) is 0.309. The molecule has 5 nitrogen and oxygen atoms in total. The van der Waals surface area contributed by atoms with Crippen LogP contribution in [-0.4, -0.2) is 20.9 Å². The van der Waals surface area contributed by atoms with Gasteiger partial charge in [0.25, 0.3) is 10.0 Å². The van der Waals surface area contributed by atoms with E-state index in [0.717, 1.165) is 26.3 Å². The van der Waals surface area contributed by atoms with Gasteiger partial charge in [-0.25, -0.2) is 12.7 Å². The number of hydrogen-bond donors (Lipinski definition) is 0. The maximum Gasteiger partial charge on any atom is 0.270 e. The summed E-state index contributed by atoms with van der Waals surface area (Å²) in [6, 6.07) is 19.3. The van der Waals surface area contributed by atoms with Gasteiger partial charge in [0.05, 0.1) is 21.7 Å². The Morgan fingerprint density at radius 1 is 1.00 bits per heavy atom. The van der Waals surface area contributed by atoms with Crippen LogP contribution in [-0.2, 0) is 21.2 Å². The molecule has 33 heavy (non-hydrogen) atoms. The van der Waals surface area contributed by atoms with Crippen LogP contribution in [0.2, 0.25) is 0 Å². The van der Waals surface area contributed by atoms with Gasteiger partial charge in [-0.05, 0) is 89.6 Å². The number of ether oxygens (including phenoxy) is 1. The van der Waals surface area contributed by atoms with Gasteiger partial charge in [-0.15, -0.1) is 0 Å². The van der Waals surface area contributed by atoms with Crippen molar-refractivity contribution in [2.24, 2.45) is 0 Å². The molecule has 0 aliphatic rings. The maximum atomic E-state index is 13.5. The standard InChI is InChI=1S/C26H28BrNO4S/c1-4-21-15-16-25(23(27)18-21)32-17-9-14-26(29)28(24-13-8-10-19(2)20(24)3)33(30,31)22-11-6-5-7-12-22/h5-8,10-13,15-16,18H,4,9,14,17H2,1-3H3. The summed E-state index contributed by atoms with van der Waals surface area (Å²) in [6.45, 7) is 6.10. The van der Waals surface area contributed by atoms with E-state index in [1.165, 1.54) is 17.7 Å². The maximum absolute atomic E-state index is 13.5. The molecule has 0 bridgehead atoms. The number of nitrogens with zero attached hydrogens (tertiary/aromatic N) is 1. The lowest BCUT2D eigenvalue weighted by molar-refractivity contribution is -0.117. The lowest BCUT2D eigenvalue weighted by atomic mass is 10.1. The molecule has 0 aromatic heterocycles. The van der Waals surface area contributed by atoms with Crippen LogP contribution in [0.3, 0.4) is 0 Å². The van der Waals surface area contributed by atoms with Crippen molar-refractivity contribution in [1.29, 1.82) is 0 Å².